The number of allylic oxidation sites excluding steroid dienone is 8. The second kappa shape index (κ2) is 4.13. The number of hydrogen-bond acceptors (Lipinski definition) is 2. The molecule has 6 rings (SSSR count). The van der Waals surface area contributed by atoms with E-state index in [1.54, 1.807) is 0 Å². The Morgan fingerprint density at radius 3 is 1.54 bits per heavy atom. The monoisotopic (exact) mass is 344 g/mol. The van der Waals surface area contributed by atoms with Gasteiger partial charge in [0.2, 0.25) is 0 Å². The fraction of sp³-hybridized carbons (Fsp3) is 0.500. The van der Waals surface area contributed by atoms with E-state index in [0.29, 0.717) is 24.4 Å². The third kappa shape index (κ3) is 1.04. The van der Waals surface area contributed by atoms with Crippen LogP contribution >= 0.6 is 0 Å². The largest absolute Gasteiger partial charge is 0.298 e. The zero-order valence-corrected chi connectivity index (χ0v) is 15.0. The van der Waals surface area contributed by atoms with Crippen LogP contribution in [0.5, 0.6) is 0 Å². The number of Topliss-reactive ketones (excluding diaryl/α,β-unsaturated/α-hetero) is 2. The first-order valence-corrected chi connectivity index (χ1v) is 9.95. The third-order valence-corrected chi connectivity index (χ3v) is 9.19. The Morgan fingerprint density at radius 1 is 0.769 bits per heavy atom. The lowest BCUT2D eigenvalue weighted by atomic mass is 9.32. The summed E-state index contributed by atoms with van der Waals surface area (Å²) in [6, 6.07) is 0. The van der Waals surface area contributed by atoms with Crippen molar-refractivity contribution < 1.29 is 9.59 Å². The molecule has 0 aliphatic heterocycles. The van der Waals surface area contributed by atoms with Gasteiger partial charge in [0, 0.05) is 0 Å². The molecule has 2 heteroatoms. The van der Waals surface area contributed by atoms with Crippen LogP contribution in [0.1, 0.15) is 25.7 Å². The molecular weight excluding hydrogens is 320 g/mol. The van der Waals surface area contributed by atoms with E-state index >= 15 is 0 Å². The molecular formula is C24H24O2. The van der Waals surface area contributed by atoms with Gasteiger partial charge in [0.15, 0.2) is 11.6 Å². The topological polar surface area (TPSA) is 34.1 Å². The van der Waals surface area contributed by atoms with Gasteiger partial charge in [-0.15, -0.1) is 13.2 Å². The average molecular weight is 344 g/mol. The lowest BCUT2D eigenvalue weighted by molar-refractivity contribution is -0.185. The zero-order valence-electron chi connectivity index (χ0n) is 15.0. The number of fused-ring (bicyclic) bond motifs is 7. The molecule has 0 saturated heterocycles. The lowest BCUT2D eigenvalue weighted by Gasteiger charge is -2.66. The van der Waals surface area contributed by atoms with Crippen LogP contribution in [0.15, 0.2) is 61.8 Å². The molecule has 0 N–H and O–H groups in total. The molecule has 0 aromatic rings. The van der Waals surface area contributed by atoms with Gasteiger partial charge < -0.3 is 0 Å². The highest BCUT2D eigenvalue weighted by atomic mass is 16.2. The second-order valence-electron chi connectivity index (χ2n) is 9.33. The summed E-state index contributed by atoms with van der Waals surface area (Å²) in [7, 11) is 0. The molecule has 0 amide bonds. The molecule has 0 aromatic carbocycles. The molecule has 4 bridgehead atoms. The van der Waals surface area contributed by atoms with E-state index < -0.39 is 21.7 Å². The highest BCUT2D eigenvalue weighted by molar-refractivity contribution is 6.15. The molecule has 6 aliphatic rings. The molecule has 0 aromatic heterocycles. The normalized spacial score (nSPS) is 56.3. The number of hydrogen-bond donors (Lipinski definition) is 0. The van der Waals surface area contributed by atoms with Crippen LogP contribution in [-0.4, -0.2) is 11.6 Å². The Morgan fingerprint density at radius 2 is 1.15 bits per heavy atom. The first kappa shape index (κ1) is 15.1. The van der Waals surface area contributed by atoms with Gasteiger partial charge >= 0.3 is 0 Å². The van der Waals surface area contributed by atoms with Gasteiger partial charge in [-0.25, -0.2) is 0 Å². The molecule has 0 radical (unpaired) electrons. The van der Waals surface area contributed by atoms with Crippen molar-refractivity contribution in [2.24, 2.45) is 45.3 Å². The van der Waals surface area contributed by atoms with E-state index in [4.69, 9.17) is 0 Å². The van der Waals surface area contributed by atoms with Gasteiger partial charge in [0.05, 0.1) is 21.7 Å². The maximum atomic E-state index is 14.4. The van der Waals surface area contributed by atoms with Crippen LogP contribution in [0, 0.1) is 45.3 Å². The molecule has 3 saturated carbocycles. The number of carbonyl (C=O) groups is 2. The Balaban J connectivity index is 1.70. The first-order valence-electron chi connectivity index (χ1n) is 9.95. The second-order valence-corrected chi connectivity index (χ2v) is 9.33. The van der Waals surface area contributed by atoms with Crippen molar-refractivity contribution in [1.82, 2.24) is 0 Å². The predicted octanol–water partition coefficient (Wildman–Crippen LogP) is 4.22. The van der Waals surface area contributed by atoms with Crippen molar-refractivity contribution in [2.75, 3.05) is 0 Å². The SMILES string of the molecule is C=CC[C@@]12C(=O)[C@@]34C=C[C@]3(C(=O)[C@]1(CC=C)[C@@H]1C=C[C@H]2C1)[C@@H]1C=C[C@H]4C1. The highest BCUT2D eigenvalue weighted by Crippen LogP contribution is 2.83. The van der Waals surface area contributed by atoms with Crippen molar-refractivity contribution in [3.63, 3.8) is 0 Å². The first-order chi connectivity index (χ1) is 12.6. The van der Waals surface area contributed by atoms with Crippen LogP contribution in [0.3, 0.4) is 0 Å². The van der Waals surface area contributed by atoms with E-state index in [9.17, 15) is 9.59 Å². The van der Waals surface area contributed by atoms with E-state index in [1.807, 2.05) is 12.2 Å². The summed E-state index contributed by atoms with van der Waals surface area (Å²) in [6.07, 6.45) is 19.9. The van der Waals surface area contributed by atoms with Crippen molar-refractivity contribution in [2.45, 2.75) is 25.7 Å². The van der Waals surface area contributed by atoms with Gasteiger partial charge in [-0.2, -0.15) is 0 Å². The van der Waals surface area contributed by atoms with E-state index in [2.05, 4.69) is 49.6 Å². The van der Waals surface area contributed by atoms with Crippen LogP contribution < -0.4 is 0 Å². The number of carbonyl (C=O) groups excluding carboxylic acids is 2. The molecule has 0 unspecified atom stereocenters. The molecule has 26 heavy (non-hydrogen) atoms. The third-order valence-electron chi connectivity index (χ3n) is 9.19. The molecule has 132 valence electrons. The molecule has 0 heterocycles. The van der Waals surface area contributed by atoms with Gasteiger partial charge in [-0.05, 0) is 49.4 Å². The Kier molecular flexibility index (Phi) is 2.41. The summed E-state index contributed by atoms with van der Waals surface area (Å²) >= 11 is 0. The Labute approximate surface area is 154 Å². The van der Waals surface area contributed by atoms with Crippen LogP contribution in [0.2, 0.25) is 0 Å². The average Bonchev–Trinajstić information content (AvgIpc) is 3.34. The Bertz CT molecular complexity index is 822. The minimum atomic E-state index is -0.633. The number of rotatable bonds is 4. The smallest absolute Gasteiger partial charge is 0.152 e. The van der Waals surface area contributed by atoms with Crippen molar-refractivity contribution >= 4 is 11.6 Å². The summed E-state index contributed by atoms with van der Waals surface area (Å²) < 4.78 is 0. The summed E-state index contributed by atoms with van der Waals surface area (Å²) in [5, 5.41) is 0. The van der Waals surface area contributed by atoms with Crippen molar-refractivity contribution in [3.05, 3.63) is 61.8 Å². The standard InChI is InChI=1S/C24H24O2/c1-3-9-21-15-5-6-16(13-15)22(21,10-4-2)20(26)24-12-11-23(24,19(21)25)17-7-8-18(24)14-17/h3-8,11-12,15-18H,1-2,9-10,13-14H2/t15-,16+,17-,18+,21+,22-,23-,24+. The van der Waals surface area contributed by atoms with Crippen LogP contribution in [-0.2, 0) is 9.59 Å². The summed E-state index contributed by atoms with van der Waals surface area (Å²) in [4.78, 5) is 28.9. The molecule has 0 spiro atoms. The van der Waals surface area contributed by atoms with Crippen LogP contribution in [0.4, 0.5) is 0 Å². The minimum Gasteiger partial charge on any atom is -0.298 e. The summed E-state index contributed by atoms with van der Waals surface area (Å²) in [6.45, 7) is 7.98. The summed E-state index contributed by atoms with van der Waals surface area (Å²) in [5.41, 5.74) is -2.44. The fourth-order valence-corrected chi connectivity index (χ4v) is 8.42. The van der Waals surface area contributed by atoms with Crippen molar-refractivity contribution in [3.8, 4) is 0 Å². The molecule has 6 aliphatic carbocycles. The predicted molar refractivity (Wildman–Crippen MR) is 100.0 cm³/mol. The fourth-order valence-electron chi connectivity index (χ4n) is 8.42. The van der Waals surface area contributed by atoms with E-state index in [0.717, 1.165) is 12.8 Å². The molecule has 3 fully saturated rings. The lowest BCUT2D eigenvalue weighted by Crippen LogP contribution is -2.74. The highest BCUT2D eigenvalue weighted by Gasteiger charge is 2.87. The maximum absolute atomic E-state index is 14.4. The summed E-state index contributed by atoms with van der Waals surface area (Å²) in [5.74, 6) is 1.38. The van der Waals surface area contributed by atoms with Gasteiger partial charge in [-0.3, -0.25) is 9.59 Å². The molecule has 2 nitrogen and oxygen atoms in total. The van der Waals surface area contributed by atoms with Gasteiger partial charge in [0.25, 0.3) is 0 Å². The maximum Gasteiger partial charge on any atom is 0.152 e. The van der Waals surface area contributed by atoms with E-state index in [-0.39, 0.29) is 23.7 Å². The zero-order chi connectivity index (χ0) is 17.9. The van der Waals surface area contributed by atoms with Gasteiger partial charge in [-0.1, -0.05) is 48.6 Å². The quantitative estimate of drug-likeness (QED) is 0.716. The van der Waals surface area contributed by atoms with E-state index in [1.165, 1.54) is 0 Å². The van der Waals surface area contributed by atoms with Crippen LogP contribution in [0.25, 0.3) is 0 Å². The minimum absolute atomic E-state index is 0.159. The van der Waals surface area contributed by atoms with Crippen molar-refractivity contribution in [1.29, 1.82) is 0 Å². The number of ketones is 2. The Hall–Kier alpha value is -1.96. The van der Waals surface area contributed by atoms with Gasteiger partial charge in [0.1, 0.15) is 0 Å². The molecule has 8 atom stereocenters.